The SMILES string of the molecule is CC(C)(C)OC(=O)N1CCN(C(=O)CNC2CCC2)CC1. The molecule has 0 bridgehead atoms. The maximum atomic E-state index is 12.1. The molecule has 1 saturated heterocycles. The molecule has 0 unspecified atom stereocenters. The van der Waals surface area contributed by atoms with Crippen LogP contribution in [0.5, 0.6) is 0 Å². The highest BCUT2D eigenvalue weighted by Gasteiger charge is 2.28. The summed E-state index contributed by atoms with van der Waals surface area (Å²) in [6.07, 6.45) is 3.34. The number of nitrogens with one attached hydrogen (secondary N) is 1. The van der Waals surface area contributed by atoms with Crippen LogP contribution in [-0.2, 0) is 9.53 Å². The molecule has 1 heterocycles. The first-order valence-corrected chi connectivity index (χ1v) is 7.84. The Balaban J connectivity index is 1.69. The van der Waals surface area contributed by atoms with Gasteiger partial charge in [-0.15, -0.1) is 0 Å². The van der Waals surface area contributed by atoms with Crippen molar-refractivity contribution in [3.8, 4) is 0 Å². The number of hydrogen-bond donors (Lipinski definition) is 1. The summed E-state index contributed by atoms with van der Waals surface area (Å²) < 4.78 is 5.35. The number of ether oxygens (including phenoxy) is 1. The molecule has 2 fully saturated rings. The lowest BCUT2D eigenvalue weighted by Gasteiger charge is -2.36. The predicted octanol–water partition coefficient (Wildman–Crippen LogP) is 1.21. The summed E-state index contributed by atoms with van der Waals surface area (Å²) in [6.45, 7) is 8.25. The van der Waals surface area contributed by atoms with Crippen molar-refractivity contribution in [2.24, 2.45) is 0 Å². The average Bonchev–Trinajstić information content (AvgIpc) is 2.35. The largest absolute Gasteiger partial charge is 0.444 e. The second-order valence-corrected chi connectivity index (χ2v) is 6.86. The van der Waals surface area contributed by atoms with Gasteiger partial charge in [0.1, 0.15) is 5.60 Å². The van der Waals surface area contributed by atoms with Gasteiger partial charge in [0.15, 0.2) is 0 Å². The molecule has 120 valence electrons. The number of piperazine rings is 1. The minimum absolute atomic E-state index is 0.130. The van der Waals surface area contributed by atoms with Crippen molar-refractivity contribution in [1.29, 1.82) is 0 Å². The lowest BCUT2D eigenvalue weighted by Crippen LogP contribution is -2.53. The quantitative estimate of drug-likeness (QED) is 0.850. The summed E-state index contributed by atoms with van der Waals surface area (Å²) >= 11 is 0. The summed E-state index contributed by atoms with van der Waals surface area (Å²) in [6, 6.07) is 0.525. The fraction of sp³-hybridized carbons (Fsp3) is 0.867. The molecule has 6 heteroatoms. The van der Waals surface area contributed by atoms with E-state index >= 15 is 0 Å². The number of carbonyl (C=O) groups is 2. The molecular formula is C15H27N3O3. The molecule has 1 N–H and O–H groups in total. The standard InChI is InChI=1S/C15H27N3O3/c1-15(2,3)21-14(20)18-9-7-17(8-10-18)13(19)11-16-12-5-4-6-12/h12,16H,4-11H2,1-3H3. The first-order chi connectivity index (χ1) is 9.85. The van der Waals surface area contributed by atoms with Crippen molar-refractivity contribution in [3.05, 3.63) is 0 Å². The zero-order valence-corrected chi connectivity index (χ0v) is 13.4. The summed E-state index contributed by atoms with van der Waals surface area (Å²) in [7, 11) is 0. The third-order valence-corrected chi connectivity index (χ3v) is 3.93. The Kier molecular flexibility index (Phi) is 5.08. The Hall–Kier alpha value is -1.30. The van der Waals surface area contributed by atoms with Crippen LogP contribution in [0.25, 0.3) is 0 Å². The Morgan fingerprint density at radius 3 is 2.14 bits per heavy atom. The van der Waals surface area contributed by atoms with E-state index < -0.39 is 5.60 Å². The van der Waals surface area contributed by atoms with Gasteiger partial charge in [0.25, 0.3) is 0 Å². The maximum Gasteiger partial charge on any atom is 0.410 e. The lowest BCUT2D eigenvalue weighted by molar-refractivity contribution is -0.132. The van der Waals surface area contributed by atoms with Crippen molar-refractivity contribution in [2.45, 2.75) is 51.7 Å². The van der Waals surface area contributed by atoms with Gasteiger partial charge in [-0.2, -0.15) is 0 Å². The molecule has 0 aromatic rings. The highest BCUT2D eigenvalue weighted by atomic mass is 16.6. The normalized spacial score (nSPS) is 20.1. The van der Waals surface area contributed by atoms with E-state index in [4.69, 9.17) is 4.74 Å². The molecule has 0 radical (unpaired) electrons. The van der Waals surface area contributed by atoms with Crippen LogP contribution < -0.4 is 5.32 Å². The Labute approximate surface area is 126 Å². The third kappa shape index (κ3) is 4.88. The first-order valence-electron chi connectivity index (χ1n) is 7.84. The van der Waals surface area contributed by atoms with Gasteiger partial charge in [0, 0.05) is 32.2 Å². The van der Waals surface area contributed by atoms with Gasteiger partial charge in [-0.3, -0.25) is 4.79 Å². The number of hydrogen-bond acceptors (Lipinski definition) is 4. The van der Waals surface area contributed by atoms with Crippen LogP contribution in [-0.4, -0.2) is 66.2 Å². The van der Waals surface area contributed by atoms with E-state index in [-0.39, 0.29) is 12.0 Å². The van der Waals surface area contributed by atoms with Crippen molar-refractivity contribution in [3.63, 3.8) is 0 Å². The predicted molar refractivity (Wildman–Crippen MR) is 80.0 cm³/mol. The lowest BCUT2D eigenvalue weighted by atomic mass is 9.93. The molecule has 6 nitrogen and oxygen atoms in total. The van der Waals surface area contributed by atoms with E-state index in [9.17, 15) is 9.59 Å². The monoisotopic (exact) mass is 297 g/mol. The van der Waals surface area contributed by atoms with E-state index in [2.05, 4.69) is 5.32 Å². The van der Waals surface area contributed by atoms with Crippen LogP contribution in [0, 0.1) is 0 Å². The van der Waals surface area contributed by atoms with E-state index in [0.717, 1.165) is 0 Å². The molecule has 1 aliphatic carbocycles. The highest BCUT2D eigenvalue weighted by Crippen LogP contribution is 2.17. The minimum Gasteiger partial charge on any atom is -0.444 e. The van der Waals surface area contributed by atoms with Gasteiger partial charge in [-0.25, -0.2) is 4.79 Å². The van der Waals surface area contributed by atoms with Gasteiger partial charge in [-0.1, -0.05) is 6.42 Å². The van der Waals surface area contributed by atoms with Gasteiger partial charge in [0.2, 0.25) is 5.91 Å². The molecule has 21 heavy (non-hydrogen) atoms. The Bertz CT molecular complexity index is 380. The summed E-state index contributed by atoms with van der Waals surface area (Å²) in [5.74, 6) is 0.130. The molecule has 1 aliphatic heterocycles. The molecule has 0 aromatic heterocycles. The van der Waals surface area contributed by atoms with Crippen molar-refractivity contribution in [2.75, 3.05) is 32.7 Å². The number of amides is 2. The number of rotatable bonds is 3. The number of nitrogens with zero attached hydrogens (tertiary/aromatic N) is 2. The van der Waals surface area contributed by atoms with Gasteiger partial charge < -0.3 is 19.9 Å². The average molecular weight is 297 g/mol. The molecule has 2 rings (SSSR count). The molecule has 0 aromatic carbocycles. The molecule has 0 spiro atoms. The first kappa shape index (κ1) is 16.1. The van der Waals surface area contributed by atoms with Crippen molar-refractivity contribution >= 4 is 12.0 Å². The molecule has 0 atom stereocenters. The van der Waals surface area contributed by atoms with Crippen LogP contribution in [0.3, 0.4) is 0 Å². The summed E-state index contributed by atoms with van der Waals surface area (Å²) in [5, 5.41) is 3.28. The maximum absolute atomic E-state index is 12.1. The summed E-state index contributed by atoms with van der Waals surface area (Å²) in [4.78, 5) is 27.5. The van der Waals surface area contributed by atoms with Crippen LogP contribution in [0.15, 0.2) is 0 Å². The van der Waals surface area contributed by atoms with Crippen LogP contribution in [0.1, 0.15) is 40.0 Å². The van der Waals surface area contributed by atoms with E-state index in [1.54, 1.807) is 4.90 Å². The molecule has 2 amide bonds. The van der Waals surface area contributed by atoms with Gasteiger partial charge >= 0.3 is 6.09 Å². The van der Waals surface area contributed by atoms with Gasteiger partial charge in [-0.05, 0) is 33.6 Å². The zero-order chi connectivity index (χ0) is 15.5. The van der Waals surface area contributed by atoms with E-state index in [0.29, 0.717) is 38.8 Å². The zero-order valence-electron chi connectivity index (χ0n) is 13.4. The molecule has 2 aliphatic rings. The fourth-order valence-corrected chi connectivity index (χ4v) is 2.42. The Morgan fingerprint density at radius 1 is 1.10 bits per heavy atom. The second kappa shape index (κ2) is 6.64. The summed E-state index contributed by atoms with van der Waals surface area (Å²) in [5.41, 5.74) is -0.475. The van der Waals surface area contributed by atoms with Crippen LogP contribution in [0.4, 0.5) is 4.79 Å². The highest BCUT2D eigenvalue weighted by molar-refractivity contribution is 5.78. The third-order valence-electron chi connectivity index (χ3n) is 3.93. The number of carbonyl (C=O) groups excluding carboxylic acids is 2. The van der Waals surface area contributed by atoms with Gasteiger partial charge in [0.05, 0.1) is 6.54 Å². The van der Waals surface area contributed by atoms with E-state index in [1.165, 1.54) is 19.3 Å². The molecular weight excluding hydrogens is 270 g/mol. The van der Waals surface area contributed by atoms with Crippen molar-refractivity contribution < 1.29 is 14.3 Å². The smallest absolute Gasteiger partial charge is 0.410 e. The van der Waals surface area contributed by atoms with Crippen LogP contribution >= 0.6 is 0 Å². The fourth-order valence-electron chi connectivity index (χ4n) is 2.42. The minimum atomic E-state index is -0.475. The van der Waals surface area contributed by atoms with E-state index in [1.807, 2.05) is 25.7 Å². The molecule has 1 saturated carbocycles. The second-order valence-electron chi connectivity index (χ2n) is 6.86. The Morgan fingerprint density at radius 2 is 1.67 bits per heavy atom. The van der Waals surface area contributed by atoms with Crippen molar-refractivity contribution in [1.82, 2.24) is 15.1 Å². The van der Waals surface area contributed by atoms with Crippen LogP contribution in [0.2, 0.25) is 0 Å². The topological polar surface area (TPSA) is 61.9 Å².